The molecule has 1 aliphatic heterocycles. The molecule has 0 aromatic heterocycles. The van der Waals surface area contributed by atoms with Crippen molar-refractivity contribution in [2.24, 2.45) is 0 Å². The lowest BCUT2D eigenvalue weighted by atomic mass is 10.2. The monoisotopic (exact) mass is 148 g/mol. The largest absolute Gasteiger partial charge is 0.382 e. The molecule has 0 amide bonds. The number of hydrogen-bond acceptors (Lipinski definition) is 2. The first kappa shape index (κ1) is 7.95. The number of ether oxygens (including phenoxy) is 2. The Kier molecular flexibility index (Phi) is 2.63. The normalized spacial score (nSPS) is 40.5. The van der Waals surface area contributed by atoms with Crippen molar-refractivity contribution in [3.05, 3.63) is 0 Å². The van der Waals surface area contributed by atoms with Crippen LogP contribution in [0.5, 0.6) is 0 Å². The minimum Gasteiger partial charge on any atom is -0.382 e. The van der Waals surface area contributed by atoms with Crippen LogP contribution in [0.25, 0.3) is 0 Å². The molecule has 0 saturated carbocycles. The lowest BCUT2D eigenvalue weighted by Gasteiger charge is -2.07. The van der Waals surface area contributed by atoms with Crippen LogP contribution in [-0.2, 0) is 9.47 Å². The summed E-state index contributed by atoms with van der Waals surface area (Å²) in [5.41, 5.74) is 0. The molecule has 1 rings (SSSR count). The molecule has 0 aromatic carbocycles. The van der Waals surface area contributed by atoms with E-state index in [-0.39, 0.29) is 12.2 Å². The Bertz CT molecular complexity index is 97.8. The van der Waals surface area contributed by atoms with Crippen molar-refractivity contribution in [2.75, 3.05) is 13.7 Å². The van der Waals surface area contributed by atoms with E-state index in [0.29, 0.717) is 13.0 Å². The van der Waals surface area contributed by atoms with Gasteiger partial charge in [-0.1, -0.05) is 0 Å². The number of methoxy groups -OCH3 is 1. The van der Waals surface area contributed by atoms with Gasteiger partial charge >= 0.3 is 0 Å². The summed E-state index contributed by atoms with van der Waals surface area (Å²) in [4.78, 5) is 0. The maximum absolute atomic E-state index is 12.7. The third-order valence-electron chi connectivity index (χ3n) is 1.76. The molecule has 0 spiro atoms. The minimum atomic E-state index is -0.805. The first-order valence-electron chi connectivity index (χ1n) is 3.52. The highest BCUT2D eigenvalue weighted by molar-refractivity contribution is 4.78. The maximum atomic E-state index is 12.7. The van der Waals surface area contributed by atoms with Crippen LogP contribution in [0, 0.1) is 0 Å². The van der Waals surface area contributed by atoms with Gasteiger partial charge in [-0.15, -0.1) is 0 Å². The molecule has 0 unspecified atom stereocenters. The Labute approximate surface area is 60.3 Å². The highest BCUT2D eigenvalue weighted by Gasteiger charge is 2.31. The molecule has 0 aromatic rings. The molecule has 1 heterocycles. The summed E-state index contributed by atoms with van der Waals surface area (Å²) in [5, 5.41) is 0. The minimum absolute atomic E-state index is 0.0324. The number of halogens is 1. The van der Waals surface area contributed by atoms with Crippen LogP contribution in [0.3, 0.4) is 0 Å². The van der Waals surface area contributed by atoms with Crippen LogP contribution in [0.4, 0.5) is 4.39 Å². The van der Waals surface area contributed by atoms with Crippen molar-refractivity contribution >= 4 is 0 Å². The van der Waals surface area contributed by atoms with Gasteiger partial charge in [-0.05, 0) is 6.92 Å². The van der Waals surface area contributed by atoms with E-state index in [1.54, 1.807) is 14.0 Å². The van der Waals surface area contributed by atoms with Crippen LogP contribution < -0.4 is 0 Å². The standard InChI is InChI=1S/C7H13FO2/c1-5-7(8)3-6(10-5)4-9-2/h5-7H,3-4H2,1-2H3/t5-,6+,7+/m1/s1. The van der Waals surface area contributed by atoms with E-state index >= 15 is 0 Å². The predicted octanol–water partition coefficient (Wildman–Crippen LogP) is 1.15. The van der Waals surface area contributed by atoms with E-state index < -0.39 is 6.17 Å². The molecule has 0 aliphatic carbocycles. The van der Waals surface area contributed by atoms with Gasteiger partial charge < -0.3 is 9.47 Å². The van der Waals surface area contributed by atoms with Gasteiger partial charge in [0.1, 0.15) is 6.17 Å². The summed E-state index contributed by atoms with van der Waals surface area (Å²) in [5.74, 6) is 0. The van der Waals surface area contributed by atoms with E-state index in [9.17, 15) is 4.39 Å². The zero-order valence-corrected chi connectivity index (χ0v) is 6.34. The van der Waals surface area contributed by atoms with Crippen LogP contribution in [0.15, 0.2) is 0 Å². The maximum Gasteiger partial charge on any atom is 0.128 e. The van der Waals surface area contributed by atoms with Crippen molar-refractivity contribution in [3.63, 3.8) is 0 Å². The summed E-state index contributed by atoms with van der Waals surface area (Å²) in [6.45, 7) is 2.26. The average molecular weight is 148 g/mol. The lowest BCUT2D eigenvalue weighted by Crippen LogP contribution is -2.14. The fourth-order valence-electron chi connectivity index (χ4n) is 1.18. The SMILES string of the molecule is COC[C@@H]1C[C@H](F)[C@@H](C)O1. The smallest absolute Gasteiger partial charge is 0.128 e. The van der Waals surface area contributed by atoms with Crippen LogP contribution in [0.1, 0.15) is 13.3 Å². The van der Waals surface area contributed by atoms with Crippen molar-refractivity contribution < 1.29 is 13.9 Å². The molecule has 1 saturated heterocycles. The summed E-state index contributed by atoms with van der Waals surface area (Å²) >= 11 is 0. The van der Waals surface area contributed by atoms with E-state index in [4.69, 9.17) is 9.47 Å². The molecule has 1 aliphatic rings. The molecule has 2 nitrogen and oxygen atoms in total. The molecule has 0 bridgehead atoms. The van der Waals surface area contributed by atoms with E-state index in [1.807, 2.05) is 0 Å². The van der Waals surface area contributed by atoms with Crippen molar-refractivity contribution in [1.82, 2.24) is 0 Å². The first-order chi connectivity index (χ1) is 4.74. The summed E-state index contributed by atoms with van der Waals surface area (Å²) < 4.78 is 22.8. The molecular formula is C7H13FO2. The van der Waals surface area contributed by atoms with Gasteiger partial charge in [0.15, 0.2) is 0 Å². The lowest BCUT2D eigenvalue weighted by molar-refractivity contribution is -0.00118. The third kappa shape index (κ3) is 1.67. The van der Waals surface area contributed by atoms with Gasteiger partial charge in [-0.25, -0.2) is 4.39 Å². The number of rotatable bonds is 2. The average Bonchev–Trinajstić information content (AvgIpc) is 2.14. The van der Waals surface area contributed by atoms with E-state index in [1.165, 1.54) is 0 Å². The Morgan fingerprint density at radius 1 is 1.70 bits per heavy atom. The van der Waals surface area contributed by atoms with Crippen molar-refractivity contribution in [3.8, 4) is 0 Å². The summed E-state index contributed by atoms with van der Waals surface area (Å²) in [7, 11) is 1.60. The molecule has 3 atom stereocenters. The zero-order chi connectivity index (χ0) is 7.56. The topological polar surface area (TPSA) is 18.5 Å². The second-order valence-electron chi connectivity index (χ2n) is 2.67. The molecule has 0 N–H and O–H groups in total. The fourth-order valence-corrected chi connectivity index (χ4v) is 1.18. The Morgan fingerprint density at radius 3 is 2.80 bits per heavy atom. The van der Waals surface area contributed by atoms with E-state index in [0.717, 1.165) is 0 Å². The fraction of sp³-hybridized carbons (Fsp3) is 1.00. The Morgan fingerprint density at radius 2 is 2.40 bits per heavy atom. The summed E-state index contributed by atoms with van der Waals surface area (Å²) in [6, 6.07) is 0. The van der Waals surface area contributed by atoms with Crippen molar-refractivity contribution in [1.29, 1.82) is 0 Å². The predicted molar refractivity (Wildman–Crippen MR) is 35.7 cm³/mol. The molecule has 60 valence electrons. The van der Waals surface area contributed by atoms with Gasteiger partial charge in [0.25, 0.3) is 0 Å². The quantitative estimate of drug-likeness (QED) is 0.584. The van der Waals surface area contributed by atoms with Gasteiger partial charge in [0, 0.05) is 13.5 Å². The highest BCUT2D eigenvalue weighted by atomic mass is 19.1. The highest BCUT2D eigenvalue weighted by Crippen LogP contribution is 2.22. The number of alkyl halides is 1. The van der Waals surface area contributed by atoms with Crippen LogP contribution >= 0.6 is 0 Å². The first-order valence-corrected chi connectivity index (χ1v) is 3.52. The summed E-state index contributed by atoms with van der Waals surface area (Å²) in [6.07, 6.45) is -0.607. The van der Waals surface area contributed by atoms with E-state index in [2.05, 4.69) is 0 Å². The zero-order valence-electron chi connectivity index (χ0n) is 6.34. The van der Waals surface area contributed by atoms with Gasteiger partial charge in [0.05, 0.1) is 18.8 Å². The molecule has 1 fully saturated rings. The third-order valence-corrected chi connectivity index (χ3v) is 1.76. The Hall–Kier alpha value is -0.150. The molecule has 0 radical (unpaired) electrons. The number of hydrogen-bond donors (Lipinski definition) is 0. The van der Waals surface area contributed by atoms with Crippen LogP contribution in [-0.4, -0.2) is 32.1 Å². The Balaban J connectivity index is 2.27. The van der Waals surface area contributed by atoms with Crippen molar-refractivity contribution in [2.45, 2.75) is 31.7 Å². The molecule has 10 heavy (non-hydrogen) atoms. The van der Waals surface area contributed by atoms with Gasteiger partial charge in [-0.3, -0.25) is 0 Å². The second kappa shape index (κ2) is 3.30. The second-order valence-corrected chi connectivity index (χ2v) is 2.67. The van der Waals surface area contributed by atoms with Gasteiger partial charge in [0.2, 0.25) is 0 Å². The molecule has 3 heteroatoms. The molecular weight excluding hydrogens is 135 g/mol. The van der Waals surface area contributed by atoms with Crippen LogP contribution in [0.2, 0.25) is 0 Å². The van der Waals surface area contributed by atoms with Gasteiger partial charge in [-0.2, -0.15) is 0 Å².